The summed E-state index contributed by atoms with van der Waals surface area (Å²) in [5, 5.41) is 8.78. The predicted octanol–water partition coefficient (Wildman–Crippen LogP) is 4.92. The maximum absolute atomic E-state index is 10.7. The zero-order valence-corrected chi connectivity index (χ0v) is 13.9. The first-order chi connectivity index (χ1) is 12.1. The zero-order valence-electron chi connectivity index (χ0n) is 13.9. The van der Waals surface area contributed by atoms with Gasteiger partial charge in [0.1, 0.15) is 0 Å². The van der Waals surface area contributed by atoms with Crippen molar-refractivity contribution in [2.75, 3.05) is 0 Å². The Labute approximate surface area is 145 Å². The van der Waals surface area contributed by atoms with Crippen LogP contribution in [0.5, 0.6) is 5.95 Å². The van der Waals surface area contributed by atoms with Crippen LogP contribution in [0.15, 0.2) is 52.9 Å². The average molecular weight is 337 g/mol. The lowest BCUT2D eigenvalue weighted by Gasteiger charge is -2.20. The molecule has 1 aromatic carbocycles. The Morgan fingerprint density at radius 3 is 2.80 bits per heavy atom. The fraction of sp³-hybridized carbons (Fsp3) is 0.250. The number of carboxylic acid groups (broad SMARTS) is 1. The first-order valence-electron chi connectivity index (χ1n) is 8.41. The van der Waals surface area contributed by atoms with Gasteiger partial charge in [-0.3, -0.25) is 4.57 Å². The largest absolute Gasteiger partial charge is 0.513 e. The lowest BCUT2D eigenvalue weighted by Crippen LogP contribution is -2.13. The van der Waals surface area contributed by atoms with Crippen LogP contribution in [-0.2, 0) is 12.8 Å². The van der Waals surface area contributed by atoms with Crippen molar-refractivity contribution in [1.29, 1.82) is 0 Å². The summed E-state index contributed by atoms with van der Waals surface area (Å²) in [7, 11) is 0. The molecule has 25 heavy (non-hydrogen) atoms. The molecule has 0 bridgehead atoms. The molecule has 128 valence electrons. The third kappa shape index (κ3) is 2.93. The van der Waals surface area contributed by atoms with Crippen LogP contribution in [0.4, 0.5) is 4.79 Å². The van der Waals surface area contributed by atoms with E-state index in [4.69, 9.17) is 9.52 Å². The van der Waals surface area contributed by atoms with E-state index < -0.39 is 6.16 Å². The molecule has 5 nitrogen and oxygen atoms in total. The fourth-order valence-electron chi connectivity index (χ4n) is 3.52. The molecule has 5 heteroatoms. The van der Waals surface area contributed by atoms with E-state index in [9.17, 15) is 4.79 Å². The number of aryl methyl sites for hydroxylation is 1. The number of furan rings is 1. The lowest BCUT2D eigenvalue weighted by atomic mass is 9.89. The van der Waals surface area contributed by atoms with Crippen LogP contribution in [0.2, 0.25) is 0 Å². The quantitative estimate of drug-likeness (QED) is 0.689. The molecule has 1 aliphatic rings. The molecule has 2 heterocycles. The second-order valence-electron chi connectivity index (χ2n) is 6.51. The SMILES string of the molecule is CC1CCc2cc(-c3ccccc3)n(-c3ccc(OC(=O)O)o3)c2C1. The monoisotopic (exact) mass is 337 g/mol. The minimum absolute atomic E-state index is 0.0205. The number of hydrogen-bond acceptors (Lipinski definition) is 3. The number of fused-ring (bicyclic) bond motifs is 1. The summed E-state index contributed by atoms with van der Waals surface area (Å²) in [5.41, 5.74) is 4.71. The van der Waals surface area contributed by atoms with Crippen molar-refractivity contribution in [2.45, 2.75) is 26.2 Å². The summed E-state index contributed by atoms with van der Waals surface area (Å²) >= 11 is 0. The molecule has 1 atom stereocenters. The molecule has 1 N–H and O–H groups in total. The van der Waals surface area contributed by atoms with Crippen LogP contribution >= 0.6 is 0 Å². The summed E-state index contributed by atoms with van der Waals surface area (Å²) < 4.78 is 12.4. The maximum atomic E-state index is 10.7. The Kier molecular flexibility index (Phi) is 3.84. The number of aromatic nitrogens is 1. The average Bonchev–Trinajstić information content (AvgIpc) is 3.18. The van der Waals surface area contributed by atoms with E-state index in [1.807, 2.05) is 18.2 Å². The Morgan fingerprint density at radius 1 is 1.24 bits per heavy atom. The normalized spacial score (nSPS) is 16.4. The number of hydrogen-bond donors (Lipinski definition) is 1. The molecule has 1 unspecified atom stereocenters. The Balaban J connectivity index is 1.86. The van der Waals surface area contributed by atoms with Gasteiger partial charge in [0.25, 0.3) is 5.95 Å². The molecular weight excluding hydrogens is 318 g/mol. The van der Waals surface area contributed by atoms with Gasteiger partial charge in [-0.25, -0.2) is 4.79 Å². The van der Waals surface area contributed by atoms with Gasteiger partial charge in [0.2, 0.25) is 5.88 Å². The summed E-state index contributed by atoms with van der Waals surface area (Å²) in [4.78, 5) is 10.7. The first kappa shape index (κ1) is 15.6. The Hall–Kier alpha value is -2.95. The van der Waals surface area contributed by atoms with Gasteiger partial charge >= 0.3 is 6.16 Å². The highest BCUT2D eigenvalue weighted by Gasteiger charge is 2.25. The van der Waals surface area contributed by atoms with E-state index in [2.05, 4.69) is 34.4 Å². The molecule has 0 aliphatic heterocycles. The van der Waals surface area contributed by atoms with Gasteiger partial charge in [-0.2, -0.15) is 0 Å². The first-order valence-corrected chi connectivity index (χ1v) is 8.41. The van der Waals surface area contributed by atoms with Crippen LogP contribution in [0.25, 0.3) is 17.1 Å². The van der Waals surface area contributed by atoms with Crippen molar-refractivity contribution in [2.24, 2.45) is 5.92 Å². The summed E-state index contributed by atoms with van der Waals surface area (Å²) in [6.07, 6.45) is 1.81. The Morgan fingerprint density at radius 2 is 2.04 bits per heavy atom. The molecule has 0 amide bonds. The third-order valence-corrected chi connectivity index (χ3v) is 4.69. The van der Waals surface area contributed by atoms with Crippen molar-refractivity contribution < 1.29 is 19.1 Å². The van der Waals surface area contributed by atoms with E-state index >= 15 is 0 Å². The summed E-state index contributed by atoms with van der Waals surface area (Å²) in [5.74, 6) is 1.16. The highest BCUT2D eigenvalue weighted by atomic mass is 16.7. The second kappa shape index (κ2) is 6.16. The highest BCUT2D eigenvalue weighted by molar-refractivity contribution is 5.65. The van der Waals surface area contributed by atoms with E-state index in [0.29, 0.717) is 11.8 Å². The number of carbonyl (C=O) groups is 1. The van der Waals surface area contributed by atoms with Crippen LogP contribution in [0, 0.1) is 5.92 Å². The molecule has 0 saturated heterocycles. The standard InChI is InChI=1S/C20H19NO4/c1-13-7-8-15-12-17(14-5-3-2-4-6-14)21(16(15)11-13)18-9-10-19(24-18)25-20(22)23/h2-6,9-10,12-13H,7-8,11H2,1H3,(H,22,23). The molecule has 0 saturated carbocycles. The van der Waals surface area contributed by atoms with E-state index in [-0.39, 0.29) is 5.95 Å². The fourth-order valence-corrected chi connectivity index (χ4v) is 3.52. The van der Waals surface area contributed by atoms with Crippen LogP contribution < -0.4 is 4.74 Å². The van der Waals surface area contributed by atoms with Gasteiger partial charge in [-0.1, -0.05) is 37.3 Å². The van der Waals surface area contributed by atoms with Gasteiger partial charge in [0.05, 0.1) is 5.69 Å². The van der Waals surface area contributed by atoms with Crippen molar-refractivity contribution >= 4 is 6.16 Å². The topological polar surface area (TPSA) is 64.6 Å². The van der Waals surface area contributed by atoms with Gasteiger partial charge in [0.15, 0.2) is 0 Å². The van der Waals surface area contributed by atoms with Crippen molar-refractivity contribution in [3.63, 3.8) is 0 Å². The maximum Gasteiger partial charge on any atom is 0.513 e. The minimum atomic E-state index is -1.38. The minimum Gasteiger partial charge on any atom is -0.449 e. The van der Waals surface area contributed by atoms with Crippen LogP contribution in [0.1, 0.15) is 24.6 Å². The van der Waals surface area contributed by atoms with Crippen LogP contribution in [0.3, 0.4) is 0 Å². The molecule has 0 radical (unpaired) electrons. The Bertz CT molecular complexity index is 907. The van der Waals surface area contributed by atoms with E-state index in [0.717, 1.165) is 24.1 Å². The van der Waals surface area contributed by atoms with E-state index in [1.165, 1.54) is 23.7 Å². The second-order valence-corrected chi connectivity index (χ2v) is 6.51. The molecule has 0 fully saturated rings. The van der Waals surface area contributed by atoms with Gasteiger partial charge in [-0.05, 0) is 42.4 Å². The zero-order chi connectivity index (χ0) is 17.4. The lowest BCUT2D eigenvalue weighted by molar-refractivity contribution is 0.133. The molecule has 3 aromatic rings. The van der Waals surface area contributed by atoms with Crippen LogP contribution in [-0.4, -0.2) is 15.8 Å². The van der Waals surface area contributed by atoms with E-state index in [1.54, 1.807) is 6.07 Å². The molecule has 0 spiro atoms. The predicted molar refractivity (Wildman–Crippen MR) is 93.3 cm³/mol. The van der Waals surface area contributed by atoms with Gasteiger partial charge in [-0.15, -0.1) is 0 Å². The van der Waals surface area contributed by atoms with Crippen molar-refractivity contribution in [3.8, 4) is 23.1 Å². The smallest absolute Gasteiger partial charge is 0.449 e. The summed E-state index contributed by atoms with van der Waals surface area (Å²) in [6.45, 7) is 2.25. The highest BCUT2D eigenvalue weighted by Crippen LogP contribution is 2.36. The number of benzene rings is 1. The molecule has 2 aromatic heterocycles. The molecule has 1 aliphatic carbocycles. The van der Waals surface area contributed by atoms with Crippen molar-refractivity contribution in [1.82, 2.24) is 4.57 Å². The molecule has 4 rings (SSSR count). The van der Waals surface area contributed by atoms with Crippen molar-refractivity contribution in [3.05, 3.63) is 59.8 Å². The third-order valence-electron chi connectivity index (χ3n) is 4.69. The summed E-state index contributed by atoms with van der Waals surface area (Å²) in [6, 6.07) is 15.7. The number of nitrogens with zero attached hydrogens (tertiary/aromatic N) is 1. The number of rotatable bonds is 3. The van der Waals surface area contributed by atoms with Gasteiger partial charge < -0.3 is 14.3 Å². The number of ether oxygens (including phenoxy) is 1. The molecular formula is C20H19NO4. The van der Waals surface area contributed by atoms with Gasteiger partial charge in [0, 0.05) is 17.8 Å².